The molecule has 0 aliphatic carbocycles. The number of halogens is 1. The van der Waals surface area contributed by atoms with Crippen LogP contribution in [-0.2, 0) is 6.54 Å². The van der Waals surface area contributed by atoms with Crippen LogP contribution in [-0.4, -0.2) is 27.8 Å². The maximum atomic E-state index is 13.8. The first-order valence-electron chi connectivity index (χ1n) is 7.21. The molecular formula is C17H15FN4O. The summed E-state index contributed by atoms with van der Waals surface area (Å²) in [6.45, 7) is 0.788. The minimum Gasteiger partial charge on any atom is -0.395 e. The molecule has 0 saturated carbocycles. The molecule has 0 bridgehead atoms. The number of hydrogen-bond donors (Lipinski definition) is 2. The van der Waals surface area contributed by atoms with Crippen LogP contribution in [0.15, 0.2) is 42.5 Å². The summed E-state index contributed by atoms with van der Waals surface area (Å²) in [7, 11) is 0. The average Bonchev–Trinajstić information content (AvgIpc) is 2.91. The number of para-hydroxylation sites is 2. The van der Waals surface area contributed by atoms with Gasteiger partial charge in [-0.1, -0.05) is 18.2 Å². The number of hydrogen-bond acceptors (Lipinski definition) is 4. The van der Waals surface area contributed by atoms with E-state index in [9.17, 15) is 4.39 Å². The van der Waals surface area contributed by atoms with Crippen molar-refractivity contribution < 1.29 is 9.50 Å². The second-order valence-corrected chi connectivity index (χ2v) is 5.09. The van der Waals surface area contributed by atoms with Gasteiger partial charge in [-0.3, -0.25) is 0 Å². The highest BCUT2D eigenvalue weighted by molar-refractivity contribution is 5.78. The lowest BCUT2D eigenvalue weighted by molar-refractivity contribution is 0.310. The lowest BCUT2D eigenvalue weighted by Gasteiger charge is -2.10. The van der Waals surface area contributed by atoms with Crippen molar-refractivity contribution in [3.63, 3.8) is 0 Å². The summed E-state index contributed by atoms with van der Waals surface area (Å²) in [6, 6.07) is 14.0. The Hall–Kier alpha value is -2.91. The zero-order valence-electron chi connectivity index (χ0n) is 12.3. The summed E-state index contributed by atoms with van der Waals surface area (Å²) in [6.07, 6.45) is 0. The number of fused-ring (bicyclic) bond motifs is 1. The Labute approximate surface area is 132 Å². The number of nitrogens with one attached hydrogen (secondary N) is 1. The van der Waals surface area contributed by atoms with Crippen LogP contribution in [0.4, 0.5) is 10.3 Å². The maximum Gasteiger partial charge on any atom is 0.204 e. The minimum absolute atomic E-state index is 0.00526. The summed E-state index contributed by atoms with van der Waals surface area (Å²) in [5, 5.41) is 20.9. The lowest BCUT2D eigenvalue weighted by atomic mass is 10.1. The largest absolute Gasteiger partial charge is 0.395 e. The Bertz CT molecular complexity index is 882. The number of anilines is 1. The predicted octanol–water partition coefficient (Wildman–Crippen LogP) is 2.50. The van der Waals surface area contributed by atoms with Crippen molar-refractivity contribution in [1.82, 2.24) is 9.55 Å². The topological polar surface area (TPSA) is 73.9 Å². The SMILES string of the molecule is N#Cc1ccc(Cn2c(NCCO)nc3ccccc32)cc1F. The van der Waals surface area contributed by atoms with E-state index >= 15 is 0 Å². The van der Waals surface area contributed by atoms with E-state index in [4.69, 9.17) is 10.4 Å². The number of rotatable bonds is 5. The van der Waals surface area contributed by atoms with E-state index in [1.807, 2.05) is 34.9 Å². The average molecular weight is 310 g/mol. The molecule has 2 aromatic carbocycles. The van der Waals surface area contributed by atoms with Gasteiger partial charge in [0.2, 0.25) is 5.95 Å². The van der Waals surface area contributed by atoms with Crippen LogP contribution in [0.2, 0.25) is 0 Å². The molecule has 23 heavy (non-hydrogen) atoms. The summed E-state index contributed by atoms with van der Waals surface area (Å²) in [5.41, 5.74) is 2.50. The molecule has 5 nitrogen and oxygen atoms in total. The standard InChI is InChI=1S/C17H15FN4O/c18-14-9-12(5-6-13(14)10-19)11-22-16-4-2-1-3-15(16)21-17(22)20-7-8-23/h1-6,9,23H,7-8,11H2,(H,20,21). The summed E-state index contributed by atoms with van der Waals surface area (Å²) in [4.78, 5) is 4.50. The van der Waals surface area contributed by atoms with Gasteiger partial charge in [0.25, 0.3) is 0 Å². The molecule has 3 rings (SSSR count). The number of nitriles is 1. The number of nitrogens with zero attached hydrogens (tertiary/aromatic N) is 3. The van der Waals surface area contributed by atoms with Gasteiger partial charge in [0.15, 0.2) is 0 Å². The third kappa shape index (κ3) is 3.00. The zero-order valence-corrected chi connectivity index (χ0v) is 12.3. The van der Waals surface area contributed by atoms with Crippen LogP contribution >= 0.6 is 0 Å². The van der Waals surface area contributed by atoms with E-state index in [2.05, 4.69) is 10.3 Å². The number of benzene rings is 2. The number of aliphatic hydroxyl groups is 1. The minimum atomic E-state index is -0.528. The first-order chi connectivity index (χ1) is 11.2. The van der Waals surface area contributed by atoms with E-state index in [1.165, 1.54) is 12.1 Å². The lowest BCUT2D eigenvalue weighted by Crippen LogP contribution is -2.12. The fourth-order valence-electron chi connectivity index (χ4n) is 2.47. The molecule has 0 spiro atoms. The van der Waals surface area contributed by atoms with E-state index in [0.29, 0.717) is 19.0 Å². The van der Waals surface area contributed by atoms with Crippen molar-refractivity contribution in [2.75, 3.05) is 18.5 Å². The van der Waals surface area contributed by atoms with Crippen molar-refractivity contribution in [3.8, 4) is 6.07 Å². The molecule has 2 N–H and O–H groups in total. The van der Waals surface area contributed by atoms with Crippen molar-refractivity contribution in [3.05, 3.63) is 59.4 Å². The van der Waals surface area contributed by atoms with Gasteiger partial charge >= 0.3 is 0 Å². The molecule has 0 atom stereocenters. The quantitative estimate of drug-likeness (QED) is 0.759. The molecule has 116 valence electrons. The summed E-state index contributed by atoms with van der Waals surface area (Å²) >= 11 is 0. The fourth-order valence-corrected chi connectivity index (χ4v) is 2.47. The van der Waals surface area contributed by atoms with Crippen LogP contribution in [0.5, 0.6) is 0 Å². The summed E-state index contributed by atoms with van der Waals surface area (Å²) < 4.78 is 15.7. The third-order valence-corrected chi connectivity index (χ3v) is 3.54. The third-order valence-electron chi connectivity index (χ3n) is 3.54. The fraction of sp³-hybridized carbons (Fsp3) is 0.176. The number of aromatic nitrogens is 2. The van der Waals surface area contributed by atoms with Crippen molar-refractivity contribution in [2.24, 2.45) is 0 Å². The molecule has 0 aliphatic rings. The van der Waals surface area contributed by atoms with Gasteiger partial charge in [0.05, 0.1) is 29.7 Å². The van der Waals surface area contributed by atoms with E-state index in [-0.39, 0.29) is 12.2 Å². The molecule has 0 amide bonds. The van der Waals surface area contributed by atoms with Gasteiger partial charge in [-0.05, 0) is 29.8 Å². The van der Waals surface area contributed by atoms with Crippen LogP contribution in [0.3, 0.4) is 0 Å². The monoisotopic (exact) mass is 310 g/mol. The molecule has 0 aliphatic heterocycles. The van der Waals surface area contributed by atoms with E-state index in [0.717, 1.165) is 16.6 Å². The van der Waals surface area contributed by atoms with Crippen molar-refractivity contribution >= 4 is 17.0 Å². The van der Waals surface area contributed by atoms with Crippen LogP contribution < -0.4 is 5.32 Å². The van der Waals surface area contributed by atoms with E-state index < -0.39 is 5.82 Å². The smallest absolute Gasteiger partial charge is 0.204 e. The molecule has 0 fully saturated rings. The van der Waals surface area contributed by atoms with Gasteiger partial charge in [-0.2, -0.15) is 5.26 Å². The molecule has 0 unspecified atom stereocenters. The molecule has 0 saturated heterocycles. The highest BCUT2D eigenvalue weighted by atomic mass is 19.1. The Morgan fingerprint density at radius 2 is 2.09 bits per heavy atom. The van der Waals surface area contributed by atoms with Gasteiger partial charge in [0, 0.05) is 6.54 Å². The van der Waals surface area contributed by atoms with Crippen LogP contribution in [0.1, 0.15) is 11.1 Å². The molecule has 1 aromatic heterocycles. The Kier molecular flexibility index (Phi) is 4.22. The molecule has 0 radical (unpaired) electrons. The van der Waals surface area contributed by atoms with Crippen LogP contribution in [0, 0.1) is 17.1 Å². The normalized spacial score (nSPS) is 10.7. The van der Waals surface area contributed by atoms with Gasteiger partial charge < -0.3 is 15.0 Å². The highest BCUT2D eigenvalue weighted by Crippen LogP contribution is 2.21. The van der Waals surface area contributed by atoms with E-state index in [1.54, 1.807) is 6.07 Å². The van der Waals surface area contributed by atoms with Gasteiger partial charge in [-0.25, -0.2) is 9.37 Å². The molecule has 3 aromatic rings. The second-order valence-electron chi connectivity index (χ2n) is 5.09. The van der Waals surface area contributed by atoms with Crippen molar-refractivity contribution in [2.45, 2.75) is 6.54 Å². The first-order valence-corrected chi connectivity index (χ1v) is 7.21. The van der Waals surface area contributed by atoms with Crippen molar-refractivity contribution in [1.29, 1.82) is 5.26 Å². The molecule has 6 heteroatoms. The predicted molar refractivity (Wildman–Crippen MR) is 85.5 cm³/mol. The maximum absolute atomic E-state index is 13.8. The Morgan fingerprint density at radius 3 is 2.83 bits per heavy atom. The molecular weight excluding hydrogens is 295 g/mol. The first kappa shape index (κ1) is 15.0. The molecule has 1 heterocycles. The van der Waals surface area contributed by atoms with Gasteiger partial charge in [0.1, 0.15) is 11.9 Å². The Balaban J connectivity index is 2.01. The zero-order chi connectivity index (χ0) is 16.2. The highest BCUT2D eigenvalue weighted by Gasteiger charge is 2.11. The Morgan fingerprint density at radius 1 is 1.26 bits per heavy atom. The van der Waals surface area contributed by atoms with Crippen LogP contribution in [0.25, 0.3) is 11.0 Å². The summed E-state index contributed by atoms with van der Waals surface area (Å²) in [5.74, 6) is 0.0873. The number of aliphatic hydroxyl groups excluding tert-OH is 1. The number of imidazole rings is 1. The van der Waals surface area contributed by atoms with Gasteiger partial charge in [-0.15, -0.1) is 0 Å². The second kappa shape index (κ2) is 6.46.